The van der Waals surface area contributed by atoms with Crippen LogP contribution in [0.15, 0.2) is 18.5 Å². The summed E-state index contributed by atoms with van der Waals surface area (Å²) < 4.78 is 13.1. The van der Waals surface area contributed by atoms with Crippen LogP contribution in [0.1, 0.15) is 50.6 Å². The van der Waals surface area contributed by atoms with Crippen LogP contribution in [0.2, 0.25) is 0 Å². The SMILES string of the molecule is CCC1CCCC(C(N)c2cncc(F)c2)C1. The van der Waals surface area contributed by atoms with Crippen LogP contribution in [-0.2, 0) is 0 Å². The zero-order valence-electron chi connectivity index (χ0n) is 10.4. The van der Waals surface area contributed by atoms with Crippen molar-refractivity contribution in [3.8, 4) is 0 Å². The molecule has 1 heterocycles. The zero-order chi connectivity index (χ0) is 12.3. The molecule has 0 spiro atoms. The fraction of sp³-hybridized carbons (Fsp3) is 0.643. The Labute approximate surface area is 102 Å². The van der Waals surface area contributed by atoms with Crippen molar-refractivity contribution in [1.29, 1.82) is 0 Å². The Morgan fingerprint density at radius 2 is 2.29 bits per heavy atom. The Kier molecular flexibility index (Phi) is 4.11. The van der Waals surface area contributed by atoms with Gasteiger partial charge in [-0.2, -0.15) is 0 Å². The third kappa shape index (κ3) is 3.03. The Morgan fingerprint density at radius 1 is 1.47 bits per heavy atom. The Bertz CT molecular complexity index is 367. The van der Waals surface area contributed by atoms with Crippen LogP contribution in [0.4, 0.5) is 4.39 Å². The van der Waals surface area contributed by atoms with Crippen molar-refractivity contribution in [2.45, 2.75) is 45.1 Å². The lowest BCUT2D eigenvalue weighted by molar-refractivity contribution is 0.230. The molecule has 1 fully saturated rings. The number of rotatable bonds is 3. The summed E-state index contributed by atoms with van der Waals surface area (Å²) in [5, 5.41) is 0. The van der Waals surface area contributed by atoms with Crippen molar-refractivity contribution in [2.24, 2.45) is 17.6 Å². The first-order chi connectivity index (χ1) is 8.20. The average Bonchev–Trinajstić information content (AvgIpc) is 2.38. The van der Waals surface area contributed by atoms with E-state index in [4.69, 9.17) is 5.73 Å². The van der Waals surface area contributed by atoms with Gasteiger partial charge in [0, 0.05) is 12.2 Å². The van der Waals surface area contributed by atoms with E-state index in [0.717, 1.165) is 17.9 Å². The molecule has 0 amide bonds. The first-order valence-electron chi connectivity index (χ1n) is 6.56. The van der Waals surface area contributed by atoms with Gasteiger partial charge in [0.15, 0.2) is 0 Å². The molecule has 1 aliphatic carbocycles. The molecule has 1 aromatic rings. The molecule has 94 valence electrons. The highest BCUT2D eigenvalue weighted by molar-refractivity contribution is 5.15. The molecule has 0 radical (unpaired) electrons. The van der Waals surface area contributed by atoms with Gasteiger partial charge in [0.25, 0.3) is 0 Å². The number of aromatic nitrogens is 1. The van der Waals surface area contributed by atoms with Gasteiger partial charge in [-0.3, -0.25) is 4.98 Å². The number of hydrogen-bond donors (Lipinski definition) is 1. The molecule has 1 saturated carbocycles. The van der Waals surface area contributed by atoms with Crippen molar-refractivity contribution in [3.05, 3.63) is 29.8 Å². The van der Waals surface area contributed by atoms with Gasteiger partial charge in [0.05, 0.1) is 6.20 Å². The van der Waals surface area contributed by atoms with Crippen LogP contribution in [0.25, 0.3) is 0 Å². The highest BCUT2D eigenvalue weighted by Crippen LogP contribution is 2.37. The summed E-state index contributed by atoms with van der Waals surface area (Å²) in [5.41, 5.74) is 7.09. The van der Waals surface area contributed by atoms with Crippen molar-refractivity contribution in [2.75, 3.05) is 0 Å². The van der Waals surface area contributed by atoms with E-state index in [0.29, 0.717) is 5.92 Å². The first kappa shape index (κ1) is 12.5. The van der Waals surface area contributed by atoms with E-state index in [9.17, 15) is 4.39 Å². The highest BCUT2D eigenvalue weighted by Gasteiger charge is 2.26. The van der Waals surface area contributed by atoms with Crippen molar-refractivity contribution in [3.63, 3.8) is 0 Å². The molecule has 3 unspecified atom stereocenters. The smallest absolute Gasteiger partial charge is 0.141 e. The molecule has 2 rings (SSSR count). The lowest BCUT2D eigenvalue weighted by Crippen LogP contribution is -2.27. The van der Waals surface area contributed by atoms with Gasteiger partial charge in [-0.25, -0.2) is 4.39 Å². The molecule has 0 aliphatic heterocycles. The summed E-state index contributed by atoms with van der Waals surface area (Å²) in [6.45, 7) is 2.24. The second-order valence-electron chi connectivity index (χ2n) is 5.16. The molecule has 0 aromatic carbocycles. The average molecular weight is 236 g/mol. The maximum Gasteiger partial charge on any atom is 0.141 e. The molecular formula is C14H21FN2. The summed E-state index contributed by atoms with van der Waals surface area (Å²) in [7, 11) is 0. The van der Waals surface area contributed by atoms with E-state index >= 15 is 0 Å². The minimum Gasteiger partial charge on any atom is -0.324 e. The minimum absolute atomic E-state index is 0.0625. The first-order valence-corrected chi connectivity index (χ1v) is 6.56. The molecule has 17 heavy (non-hydrogen) atoms. The predicted molar refractivity (Wildman–Crippen MR) is 66.9 cm³/mol. The van der Waals surface area contributed by atoms with Gasteiger partial charge in [0.1, 0.15) is 5.82 Å². The number of nitrogens with two attached hydrogens (primary N) is 1. The summed E-state index contributed by atoms with van der Waals surface area (Å²) in [6, 6.07) is 1.46. The van der Waals surface area contributed by atoms with Crippen molar-refractivity contribution in [1.82, 2.24) is 4.98 Å². The zero-order valence-corrected chi connectivity index (χ0v) is 10.4. The molecular weight excluding hydrogens is 215 g/mol. The molecule has 1 aliphatic rings. The summed E-state index contributed by atoms with van der Waals surface area (Å²) >= 11 is 0. The Hall–Kier alpha value is -0.960. The lowest BCUT2D eigenvalue weighted by atomic mass is 9.76. The van der Waals surface area contributed by atoms with Gasteiger partial charge in [-0.05, 0) is 36.3 Å². The number of hydrogen-bond acceptors (Lipinski definition) is 2. The predicted octanol–water partition coefficient (Wildman–Crippen LogP) is 3.44. The van der Waals surface area contributed by atoms with Crippen LogP contribution in [0, 0.1) is 17.7 Å². The topological polar surface area (TPSA) is 38.9 Å². The second kappa shape index (κ2) is 5.58. The number of pyridine rings is 1. The number of halogens is 1. The van der Waals surface area contributed by atoms with Crippen LogP contribution in [0.3, 0.4) is 0 Å². The normalized spacial score (nSPS) is 26.8. The van der Waals surface area contributed by atoms with E-state index < -0.39 is 0 Å². The fourth-order valence-electron chi connectivity index (χ4n) is 2.91. The van der Waals surface area contributed by atoms with Gasteiger partial charge < -0.3 is 5.73 Å². The third-order valence-corrected chi connectivity index (χ3v) is 4.02. The summed E-state index contributed by atoms with van der Waals surface area (Å²) in [5.74, 6) is 0.986. The van der Waals surface area contributed by atoms with Gasteiger partial charge in [-0.1, -0.05) is 26.2 Å². The van der Waals surface area contributed by atoms with E-state index in [2.05, 4.69) is 11.9 Å². The van der Waals surface area contributed by atoms with Crippen LogP contribution in [-0.4, -0.2) is 4.98 Å². The lowest BCUT2D eigenvalue weighted by Gasteiger charge is -2.32. The maximum absolute atomic E-state index is 13.1. The van der Waals surface area contributed by atoms with E-state index in [1.807, 2.05) is 0 Å². The Balaban J connectivity index is 2.06. The fourth-order valence-corrected chi connectivity index (χ4v) is 2.91. The largest absolute Gasteiger partial charge is 0.324 e. The third-order valence-electron chi connectivity index (χ3n) is 4.02. The van der Waals surface area contributed by atoms with Crippen LogP contribution in [0.5, 0.6) is 0 Å². The standard InChI is InChI=1S/C14H21FN2/c1-2-10-4-3-5-11(6-10)14(16)12-7-13(15)9-17-8-12/h7-11,14H,2-6,16H2,1H3. The molecule has 3 heteroatoms. The number of nitrogens with zero attached hydrogens (tertiary/aromatic N) is 1. The van der Waals surface area contributed by atoms with Gasteiger partial charge in [0.2, 0.25) is 0 Å². The van der Waals surface area contributed by atoms with E-state index in [1.54, 1.807) is 6.20 Å². The van der Waals surface area contributed by atoms with Crippen LogP contribution < -0.4 is 5.73 Å². The second-order valence-corrected chi connectivity index (χ2v) is 5.16. The Morgan fingerprint density at radius 3 is 3.00 bits per heavy atom. The maximum atomic E-state index is 13.1. The molecule has 2 N–H and O–H groups in total. The monoisotopic (exact) mass is 236 g/mol. The quantitative estimate of drug-likeness (QED) is 0.873. The summed E-state index contributed by atoms with van der Waals surface area (Å²) in [6.07, 6.45) is 9.06. The van der Waals surface area contributed by atoms with E-state index in [1.165, 1.54) is 37.9 Å². The van der Waals surface area contributed by atoms with E-state index in [-0.39, 0.29) is 11.9 Å². The van der Waals surface area contributed by atoms with Crippen molar-refractivity contribution >= 4 is 0 Å². The molecule has 2 nitrogen and oxygen atoms in total. The highest BCUT2D eigenvalue weighted by atomic mass is 19.1. The minimum atomic E-state index is -0.291. The van der Waals surface area contributed by atoms with Crippen LogP contribution >= 0.6 is 0 Å². The molecule has 1 aromatic heterocycles. The van der Waals surface area contributed by atoms with Gasteiger partial charge in [-0.15, -0.1) is 0 Å². The molecule has 0 saturated heterocycles. The van der Waals surface area contributed by atoms with Gasteiger partial charge >= 0.3 is 0 Å². The van der Waals surface area contributed by atoms with Crippen molar-refractivity contribution < 1.29 is 4.39 Å². The molecule has 3 atom stereocenters. The molecule has 0 bridgehead atoms. The summed E-state index contributed by atoms with van der Waals surface area (Å²) in [4.78, 5) is 3.88.